The maximum Gasteiger partial charge on any atom is 0.126 e. The minimum absolute atomic E-state index is 0.215. The van der Waals surface area contributed by atoms with Gasteiger partial charge in [0.05, 0.1) is 5.69 Å². The van der Waals surface area contributed by atoms with Crippen LogP contribution in [-0.2, 0) is 0 Å². The van der Waals surface area contributed by atoms with Gasteiger partial charge >= 0.3 is 0 Å². The largest absolute Gasteiger partial charge is 0.507 e. The summed E-state index contributed by atoms with van der Waals surface area (Å²) in [6.07, 6.45) is 0. The lowest BCUT2D eigenvalue weighted by atomic mass is 9.89. The van der Waals surface area contributed by atoms with Gasteiger partial charge in [-0.15, -0.1) is 15.0 Å². The Morgan fingerprint density at radius 1 is 0.828 bits per heavy atom. The molecule has 0 amide bonds. The molecule has 4 rings (SSSR count). The van der Waals surface area contributed by atoms with Gasteiger partial charge in [-0.2, -0.15) is 0 Å². The van der Waals surface area contributed by atoms with Crippen LogP contribution in [0.4, 0.5) is 0 Å². The van der Waals surface area contributed by atoms with Crippen LogP contribution in [0.5, 0.6) is 5.75 Å². The molecule has 29 heavy (non-hydrogen) atoms. The van der Waals surface area contributed by atoms with Gasteiger partial charge in [-0.1, -0.05) is 63.6 Å². The van der Waals surface area contributed by atoms with Crippen LogP contribution in [0.1, 0.15) is 50.7 Å². The number of phenols is 1. The van der Waals surface area contributed by atoms with Crippen LogP contribution < -0.4 is 0 Å². The second-order valence-electron chi connectivity index (χ2n) is 7.96. The number of fused-ring (bicyclic) bond motifs is 1. The van der Waals surface area contributed by atoms with Gasteiger partial charge in [0.2, 0.25) is 0 Å². The highest BCUT2D eigenvalue weighted by Crippen LogP contribution is 2.40. The molecule has 0 spiro atoms. The summed E-state index contributed by atoms with van der Waals surface area (Å²) in [5.41, 5.74) is 6.15. The molecule has 1 heterocycles. The molecule has 3 aromatic carbocycles. The van der Waals surface area contributed by atoms with Gasteiger partial charge in [0.25, 0.3) is 0 Å². The lowest BCUT2D eigenvalue weighted by Gasteiger charge is -2.18. The molecule has 0 bridgehead atoms. The molecule has 0 radical (unpaired) electrons. The average molecular weight is 406 g/mol. The van der Waals surface area contributed by atoms with Crippen LogP contribution in [-0.4, -0.2) is 20.1 Å². The van der Waals surface area contributed by atoms with E-state index in [4.69, 9.17) is 11.6 Å². The molecule has 0 saturated heterocycles. The molecule has 0 fully saturated rings. The quantitative estimate of drug-likeness (QED) is 0.411. The SMILES string of the molecule is CC(C)c1cc(-c2ccccc2-n2nc3ccc(Cl)cc3n2)c(O)c(C(C)C)c1. The van der Waals surface area contributed by atoms with E-state index in [1.54, 1.807) is 10.9 Å². The zero-order chi connectivity index (χ0) is 20.7. The molecule has 0 aliphatic heterocycles. The lowest BCUT2D eigenvalue weighted by Crippen LogP contribution is -2.02. The van der Waals surface area contributed by atoms with Crippen molar-refractivity contribution in [3.8, 4) is 22.6 Å². The van der Waals surface area contributed by atoms with Crippen molar-refractivity contribution < 1.29 is 5.11 Å². The average Bonchev–Trinajstić information content (AvgIpc) is 3.10. The number of para-hydroxylation sites is 1. The van der Waals surface area contributed by atoms with Gasteiger partial charge in [-0.25, -0.2) is 0 Å². The molecule has 1 aromatic heterocycles. The van der Waals surface area contributed by atoms with Crippen molar-refractivity contribution >= 4 is 22.6 Å². The van der Waals surface area contributed by atoms with E-state index >= 15 is 0 Å². The van der Waals surface area contributed by atoms with Gasteiger partial charge in [-0.3, -0.25) is 0 Å². The summed E-state index contributed by atoms with van der Waals surface area (Å²) in [5.74, 6) is 0.885. The van der Waals surface area contributed by atoms with E-state index in [-0.39, 0.29) is 5.92 Å². The number of aromatic nitrogens is 3. The second kappa shape index (κ2) is 7.53. The molecule has 0 saturated carbocycles. The van der Waals surface area contributed by atoms with Gasteiger partial charge in [-0.05, 0) is 53.3 Å². The molecular weight excluding hydrogens is 382 g/mol. The number of rotatable bonds is 4. The van der Waals surface area contributed by atoms with Crippen LogP contribution in [0.3, 0.4) is 0 Å². The molecule has 1 N–H and O–H groups in total. The molecule has 0 atom stereocenters. The summed E-state index contributed by atoms with van der Waals surface area (Å²) in [5, 5.41) is 21.0. The van der Waals surface area contributed by atoms with Crippen LogP contribution in [0.2, 0.25) is 5.02 Å². The summed E-state index contributed by atoms with van der Waals surface area (Å²) < 4.78 is 0. The highest BCUT2D eigenvalue weighted by atomic mass is 35.5. The zero-order valence-electron chi connectivity index (χ0n) is 17.0. The van der Waals surface area contributed by atoms with Crippen molar-refractivity contribution in [2.24, 2.45) is 0 Å². The van der Waals surface area contributed by atoms with E-state index in [1.165, 1.54) is 5.56 Å². The molecule has 0 aliphatic rings. The number of phenolic OH excluding ortho intramolecular Hbond substituents is 1. The normalized spacial score (nSPS) is 11.7. The van der Waals surface area contributed by atoms with E-state index in [1.807, 2.05) is 36.4 Å². The molecule has 148 valence electrons. The number of halogens is 1. The smallest absolute Gasteiger partial charge is 0.126 e. The summed E-state index contributed by atoms with van der Waals surface area (Å²) >= 11 is 6.11. The molecule has 4 aromatic rings. The maximum atomic E-state index is 11.1. The topological polar surface area (TPSA) is 50.9 Å². The summed E-state index contributed by atoms with van der Waals surface area (Å²) in [6, 6.07) is 17.5. The fourth-order valence-electron chi connectivity index (χ4n) is 3.53. The van der Waals surface area contributed by atoms with Crippen molar-refractivity contribution in [1.82, 2.24) is 15.0 Å². The molecule has 4 nitrogen and oxygen atoms in total. The Hall–Kier alpha value is -2.85. The Labute approximate surface area is 175 Å². The highest BCUT2D eigenvalue weighted by molar-refractivity contribution is 6.31. The lowest BCUT2D eigenvalue weighted by molar-refractivity contribution is 0.466. The van der Waals surface area contributed by atoms with Gasteiger partial charge in [0.1, 0.15) is 16.8 Å². The summed E-state index contributed by atoms with van der Waals surface area (Å²) in [7, 11) is 0. The van der Waals surface area contributed by atoms with Crippen LogP contribution in [0.15, 0.2) is 54.6 Å². The second-order valence-corrected chi connectivity index (χ2v) is 8.39. The van der Waals surface area contributed by atoms with Crippen molar-refractivity contribution in [2.75, 3.05) is 0 Å². The van der Waals surface area contributed by atoms with E-state index < -0.39 is 0 Å². The van der Waals surface area contributed by atoms with E-state index in [2.05, 4.69) is 50.0 Å². The fourth-order valence-corrected chi connectivity index (χ4v) is 3.70. The first-order valence-corrected chi connectivity index (χ1v) is 10.2. The standard InChI is InChI=1S/C24H24ClN3O/c1-14(2)16-11-19(15(3)4)24(29)20(12-16)18-7-5-6-8-23(18)28-26-21-10-9-17(25)13-22(21)27-28/h5-15,29H,1-4H3. The van der Waals surface area contributed by atoms with Crippen molar-refractivity contribution in [1.29, 1.82) is 0 Å². The predicted octanol–water partition coefficient (Wildman–Crippen LogP) is 6.69. The van der Waals surface area contributed by atoms with E-state index in [9.17, 15) is 5.11 Å². The van der Waals surface area contributed by atoms with Crippen molar-refractivity contribution in [3.63, 3.8) is 0 Å². The Morgan fingerprint density at radius 3 is 2.28 bits per heavy atom. The number of hydrogen-bond acceptors (Lipinski definition) is 3. The third-order valence-electron chi connectivity index (χ3n) is 5.20. The molecule has 0 aliphatic carbocycles. The summed E-state index contributed by atoms with van der Waals surface area (Å²) in [6.45, 7) is 8.52. The van der Waals surface area contributed by atoms with Crippen molar-refractivity contribution in [2.45, 2.75) is 39.5 Å². The Balaban J connectivity index is 1.95. The number of nitrogens with zero attached hydrogens (tertiary/aromatic N) is 3. The van der Waals surface area contributed by atoms with E-state index in [0.717, 1.165) is 33.4 Å². The minimum Gasteiger partial charge on any atom is -0.507 e. The van der Waals surface area contributed by atoms with E-state index in [0.29, 0.717) is 16.7 Å². The van der Waals surface area contributed by atoms with Gasteiger partial charge < -0.3 is 5.11 Å². The molecular formula is C24H24ClN3O. The Bertz CT molecular complexity index is 1190. The number of benzene rings is 3. The monoisotopic (exact) mass is 405 g/mol. The Morgan fingerprint density at radius 2 is 1.55 bits per heavy atom. The predicted molar refractivity (Wildman–Crippen MR) is 119 cm³/mol. The number of aromatic hydroxyl groups is 1. The number of hydrogen-bond donors (Lipinski definition) is 1. The molecule has 0 unspecified atom stereocenters. The van der Waals surface area contributed by atoms with Crippen LogP contribution >= 0.6 is 11.6 Å². The third kappa shape index (κ3) is 3.60. The summed E-state index contributed by atoms with van der Waals surface area (Å²) in [4.78, 5) is 1.62. The van der Waals surface area contributed by atoms with Gasteiger partial charge in [0.15, 0.2) is 0 Å². The van der Waals surface area contributed by atoms with Crippen LogP contribution in [0.25, 0.3) is 27.8 Å². The minimum atomic E-state index is 0.215. The fraction of sp³-hybridized carbons (Fsp3) is 0.250. The zero-order valence-corrected chi connectivity index (χ0v) is 17.8. The van der Waals surface area contributed by atoms with Crippen molar-refractivity contribution in [3.05, 3.63) is 70.7 Å². The first-order chi connectivity index (χ1) is 13.8. The Kier molecular flexibility index (Phi) is 5.05. The highest BCUT2D eigenvalue weighted by Gasteiger charge is 2.19. The first kappa shape index (κ1) is 19.5. The third-order valence-corrected chi connectivity index (χ3v) is 5.44. The molecule has 5 heteroatoms. The van der Waals surface area contributed by atoms with Crippen LogP contribution in [0, 0.1) is 0 Å². The van der Waals surface area contributed by atoms with Gasteiger partial charge in [0, 0.05) is 16.1 Å². The first-order valence-electron chi connectivity index (χ1n) is 9.84. The maximum absolute atomic E-state index is 11.1.